The number of benzene rings is 1. The third-order valence-electron chi connectivity index (χ3n) is 5.48. The second-order valence-electron chi connectivity index (χ2n) is 6.88. The number of nitrogens with one attached hydrogen (secondary N) is 1. The number of rotatable bonds is 4. The maximum Gasteiger partial charge on any atom is 0.249 e. The van der Waals surface area contributed by atoms with E-state index >= 15 is 0 Å². The SMILES string of the molecule is CCN1CCC(c2ccc(N(C)C3CCC(=O)NC3=O)cc2)CC1. The van der Waals surface area contributed by atoms with Gasteiger partial charge in [0.25, 0.3) is 0 Å². The molecule has 24 heavy (non-hydrogen) atoms. The lowest BCUT2D eigenvalue weighted by Crippen LogP contribution is -2.51. The Morgan fingerprint density at radius 2 is 1.79 bits per heavy atom. The maximum atomic E-state index is 12.0. The summed E-state index contributed by atoms with van der Waals surface area (Å²) in [5.41, 5.74) is 2.42. The minimum absolute atomic E-state index is 0.168. The number of likely N-dealkylation sites (tertiary alicyclic amines) is 1. The van der Waals surface area contributed by atoms with Gasteiger partial charge in [-0.25, -0.2) is 0 Å². The zero-order chi connectivity index (χ0) is 17.1. The Bertz CT molecular complexity index is 591. The van der Waals surface area contributed by atoms with Crippen molar-refractivity contribution < 1.29 is 9.59 Å². The van der Waals surface area contributed by atoms with Crippen molar-refractivity contribution in [3.63, 3.8) is 0 Å². The Morgan fingerprint density at radius 1 is 1.12 bits per heavy atom. The number of anilines is 1. The van der Waals surface area contributed by atoms with Crippen LogP contribution in [0.2, 0.25) is 0 Å². The van der Waals surface area contributed by atoms with Gasteiger partial charge in [-0.05, 0) is 62.5 Å². The van der Waals surface area contributed by atoms with Crippen LogP contribution in [0.4, 0.5) is 5.69 Å². The Hall–Kier alpha value is -1.88. The van der Waals surface area contributed by atoms with E-state index in [4.69, 9.17) is 0 Å². The molecule has 2 aliphatic rings. The fraction of sp³-hybridized carbons (Fsp3) is 0.579. The van der Waals surface area contributed by atoms with E-state index in [9.17, 15) is 9.59 Å². The zero-order valence-corrected chi connectivity index (χ0v) is 14.6. The number of nitrogens with zero attached hydrogens (tertiary/aromatic N) is 2. The van der Waals surface area contributed by atoms with Gasteiger partial charge in [0.05, 0.1) is 0 Å². The Balaban J connectivity index is 1.64. The maximum absolute atomic E-state index is 12.0. The van der Waals surface area contributed by atoms with E-state index in [0.29, 0.717) is 18.8 Å². The lowest BCUT2D eigenvalue weighted by molar-refractivity contribution is -0.134. The molecule has 2 fully saturated rings. The predicted molar refractivity (Wildman–Crippen MR) is 95.1 cm³/mol. The van der Waals surface area contributed by atoms with Crippen LogP contribution in [-0.2, 0) is 9.59 Å². The number of carbonyl (C=O) groups is 2. The number of piperidine rings is 2. The first kappa shape index (κ1) is 17.0. The predicted octanol–water partition coefficient (Wildman–Crippen LogP) is 2.13. The van der Waals surface area contributed by atoms with Gasteiger partial charge in [0.15, 0.2) is 0 Å². The van der Waals surface area contributed by atoms with E-state index in [-0.39, 0.29) is 17.9 Å². The quantitative estimate of drug-likeness (QED) is 0.860. The van der Waals surface area contributed by atoms with Crippen molar-refractivity contribution in [3.8, 4) is 0 Å². The fourth-order valence-electron chi connectivity index (χ4n) is 3.80. The number of carbonyl (C=O) groups excluding carboxylic acids is 2. The highest BCUT2D eigenvalue weighted by molar-refractivity contribution is 6.01. The van der Waals surface area contributed by atoms with E-state index in [2.05, 4.69) is 41.4 Å². The van der Waals surface area contributed by atoms with Crippen molar-refractivity contribution in [2.24, 2.45) is 0 Å². The van der Waals surface area contributed by atoms with Crippen molar-refractivity contribution in [1.29, 1.82) is 0 Å². The van der Waals surface area contributed by atoms with Gasteiger partial charge in [-0.1, -0.05) is 19.1 Å². The molecule has 0 aliphatic carbocycles. The van der Waals surface area contributed by atoms with Gasteiger partial charge in [0.2, 0.25) is 11.8 Å². The first-order valence-corrected chi connectivity index (χ1v) is 8.97. The summed E-state index contributed by atoms with van der Waals surface area (Å²) in [7, 11) is 1.93. The first-order valence-electron chi connectivity index (χ1n) is 8.97. The Labute approximate surface area is 144 Å². The normalized spacial score (nSPS) is 23.2. The summed E-state index contributed by atoms with van der Waals surface area (Å²) in [5.74, 6) is 0.283. The van der Waals surface area contributed by atoms with Crippen molar-refractivity contribution >= 4 is 17.5 Å². The minimum Gasteiger partial charge on any atom is -0.363 e. The summed E-state index contributed by atoms with van der Waals surface area (Å²) in [5, 5.41) is 2.43. The Morgan fingerprint density at radius 3 is 2.38 bits per heavy atom. The van der Waals surface area contributed by atoms with Gasteiger partial charge in [0, 0.05) is 19.2 Å². The largest absolute Gasteiger partial charge is 0.363 e. The molecule has 5 heteroatoms. The van der Waals surface area contributed by atoms with E-state index in [1.165, 1.54) is 31.5 Å². The Kier molecular flexibility index (Phi) is 5.19. The van der Waals surface area contributed by atoms with Gasteiger partial charge in [-0.3, -0.25) is 14.9 Å². The van der Waals surface area contributed by atoms with Crippen LogP contribution >= 0.6 is 0 Å². The topological polar surface area (TPSA) is 52.6 Å². The number of hydrogen-bond donors (Lipinski definition) is 1. The third-order valence-corrected chi connectivity index (χ3v) is 5.48. The highest BCUT2D eigenvalue weighted by Gasteiger charge is 2.30. The molecule has 0 radical (unpaired) electrons. The fourth-order valence-corrected chi connectivity index (χ4v) is 3.80. The summed E-state index contributed by atoms with van der Waals surface area (Å²) in [6.45, 7) is 5.72. The lowest BCUT2D eigenvalue weighted by Gasteiger charge is -2.33. The van der Waals surface area contributed by atoms with Gasteiger partial charge in [-0.15, -0.1) is 0 Å². The zero-order valence-electron chi connectivity index (χ0n) is 14.6. The molecule has 1 unspecified atom stereocenters. The van der Waals surface area contributed by atoms with Gasteiger partial charge in [-0.2, -0.15) is 0 Å². The molecule has 0 aromatic heterocycles. The number of imide groups is 1. The molecule has 5 nitrogen and oxygen atoms in total. The van der Waals surface area contributed by atoms with Crippen LogP contribution in [0, 0.1) is 0 Å². The third kappa shape index (κ3) is 3.61. The van der Waals surface area contributed by atoms with E-state index in [1.807, 2.05) is 11.9 Å². The van der Waals surface area contributed by atoms with Crippen LogP contribution in [0.5, 0.6) is 0 Å². The molecular formula is C19H27N3O2. The lowest BCUT2D eigenvalue weighted by atomic mass is 9.89. The van der Waals surface area contributed by atoms with Gasteiger partial charge in [0.1, 0.15) is 6.04 Å². The molecule has 1 atom stereocenters. The highest BCUT2D eigenvalue weighted by Crippen LogP contribution is 2.30. The second-order valence-corrected chi connectivity index (χ2v) is 6.88. The van der Waals surface area contributed by atoms with E-state index in [0.717, 1.165) is 12.2 Å². The van der Waals surface area contributed by atoms with Gasteiger partial charge >= 0.3 is 0 Å². The smallest absolute Gasteiger partial charge is 0.249 e. The second kappa shape index (κ2) is 7.34. The van der Waals surface area contributed by atoms with E-state index in [1.54, 1.807) is 0 Å². The minimum atomic E-state index is -0.263. The van der Waals surface area contributed by atoms with Crippen LogP contribution in [-0.4, -0.2) is 49.4 Å². The van der Waals surface area contributed by atoms with Crippen LogP contribution in [0.15, 0.2) is 24.3 Å². The average Bonchev–Trinajstić information content (AvgIpc) is 2.61. The summed E-state index contributed by atoms with van der Waals surface area (Å²) in [4.78, 5) is 27.8. The summed E-state index contributed by atoms with van der Waals surface area (Å²) < 4.78 is 0. The van der Waals surface area contributed by atoms with Crippen LogP contribution in [0.1, 0.15) is 44.1 Å². The summed E-state index contributed by atoms with van der Waals surface area (Å²) in [6.07, 6.45) is 3.43. The van der Waals surface area contributed by atoms with Crippen molar-refractivity contribution in [3.05, 3.63) is 29.8 Å². The molecule has 3 rings (SSSR count). The van der Waals surface area contributed by atoms with Crippen LogP contribution in [0.25, 0.3) is 0 Å². The average molecular weight is 329 g/mol. The molecule has 0 saturated carbocycles. The number of likely N-dealkylation sites (N-methyl/N-ethyl adjacent to an activating group) is 1. The molecule has 1 aromatic rings. The monoisotopic (exact) mass is 329 g/mol. The molecule has 1 aromatic carbocycles. The van der Waals surface area contributed by atoms with Crippen molar-refractivity contribution in [2.75, 3.05) is 31.6 Å². The highest BCUT2D eigenvalue weighted by atomic mass is 16.2. The molecule has 2 saturated heterocycles. The summed E-state index contributed by atoms with van der Waals surface area (Å²) >= 11 is 0. The van der Waals surface area contributed by atoms with Crippen LogP contribution < -0.4 is 10.2 Å². The standard InChI is InChI=1S/C19H27N3O2/c1-3-22-12-10-15(11-13-22)14-4-6-16(7-5-14)21(2)17-8-9-18(23)20-19(17)24/h4-7,15,17H,3,8-13H2,1-2H3,(H,20,23,24). The molecule has 2 aliphatic heterocycles. The molecule has 2 amide bonds. The number of hydrogen-bond acceptors (Lipinski definition) is 4. The molecule has 0 spiro atoms. The summed E-state index contributed by atoms with van der Waals surface area (Å²) in [6, 6.07) is 8.34. The van der Waals surface area contributed by atoms with Crippen molar-refractivity contribution in [1.82, 2.24) is 10.2 Å². The number of amides is 2. The molecule has 130 valence electrons. The van der Waals surface area contributed by atoms with Crippen molar-refractivity contribution in [2.45, 2.75) is 44.6 Å². The van der Waals surface area contributed by atoms with Gasteiger partial charge < -0.3 is 9.80 Å². The van der Waals surface area contributed by atoms with Crippen LogP contribution in [0.3, 0.4) is 0 Å². The molecule has 1 N–H and O–H groups in total. The molecule has 0 bridgehead atoms. The van der Waals surface area contributed by atoms with E-state index < -0.39 is 0 Å². The first-order chi connectivity index (χ1) is 11.6. The molecular weight excluding hydrogens is 302 g/mol. The molecule has 2 heterocycles.